The van der Waals surface area contributed by atoms with E-state index in [1.165, 1.54) is 4.90 Å². The number of amides is 4. The van der Waals surface area contributed by atoms with Crippen molar-refractivity contribution in [2.45, 2.75) is 38.5 Å². The Hall–Kier alpha value is -3.52. The molecule has 0 saturated carbocycles. The first-order valence-corrected chi connectivity index (χ1v) is 10.1. The Morgan fingerprint density at radius 2 is 1.94 bits per heavy atom. The highest BCUT2D eigenvalue weighted by Gasteiger charge is 2.39. The van der Waals surface area contributed by atoms with E-state index in [-0.39, 0.29) is 43.7 Å². The van der Waals surface area contributed by atoms with Gasteiger partial charge in [0, 0.05) is 30.6 Å². The van der Waals surface area contributed by atoms with Crippen LogP contribution in [0, 0.1) is 6.92 Å². The van der Waals surface area contributed by atoms with Crippen LogP contribution in [-0.2, 0) is 16.1 Å². The number of fused-ring (bicyclic) bond motifs is 1. The van der Waals surface area contributed by atoms with Gasteiger partial charge in [-0.05, 0) is 42.7 Å². The van der Waals surface area contributed by atoms with Gasteiger partial charge in [0.25, 0.3) is 11.8 Å². The first-order chi connectivity index (χ1) is 14.8. The largest absolute Gasteiger partial charge is 0.387 e. The molecule has 2 aliphatic heterocycles. The highest BCUT2D eigenvalue weighted by molar-refractivity contribution is 6.06. The third-order valence-corrected chi connectivity index (χ3v) is 5.70. The van der Waals surface area contributed by atoms with Gasteiger partial charge in [-0.25, -0.2) is 0 Å². The Morgan fingerprint density at radius 1 is 1.19 bits per heavy atom. The fourth-order valence-corrected chi connectivity index (χ4v) is 3.91. The number of carbonyl (C=O) groups excluding carboxylic acids is 4. The zero-order valence-electron chi connectivity index (χ0n) is 17.1. The van der Waals surface area contributed by atoms with Crippen LogP contribution in [0.15, 0.2) is 42.5 Å². The van der Waals surface area contributed by atoms with Gasteiger partial charge in [0.2, 0.25) is 11.8 Å². The number of aliphatic hydroxyl groups excluding tert-OH is 1. The van der Waals surface area contributed by atoms with Gasteiger partial charge in [-0.1, -0.05) is 29.8 Å². The maximum absolute atomic E-state index is 12.7. The summed E-state index contributed by atoms with van der Waals surface area (Å²) in [6.07, 6.45) is -0.356. The van der Waals surface area contributed by atoms with E-state index in [1.807, 2.05) is 31.2 Å². The number of nitrogens with zero attached hydrogens (tertiary/aromatic N) is 1. The fraction of sp³-hybridized carbons (Fsp3) is 0.304. The van der Waals surface area contributed by atoms with Gasteiger partial charge in [-0.2, -0.15) is 0 Å². The molecule has 8 nitrogen and oxygen atoms in total. The highest BCUT2D eigenvalue weighted by Crippen LogP contribution is 2.28. The molecule has 2 heterocycles. The minimum Gasteiger partial charge on any atom is -0.387 e. The molecular formula is C23H23N3O5. The molecule has 2 unspecified atom stereocenters. The molecule has 2 aromatic rings. The van der Waals surface area contributed by atoms with Crippen molar-refractivity contribution in [1.82, 2.24) is 15.5 Å². The lowest BCUT2D eigenvalue weighted by Crippen LogP contribution is -2.52. The Morgan fingerprint density at radius 3 is 2.65 bits per heavy atom. The molecule has 31 heavy (non-hydrogen) atoms. The molecule has 3 N–H and O–H groups in total. The van der Waals surface area contributed by atoms with E-state index in [0.717, 1.165) is 5.56 Å². The Labute approximate surface area is 179 Å². The predicted octanol–water partition coefficient (Wildman–Crippen LogP) is 1.22. The van der Waals surface area contributed by atoms with Gasteiger partial charge < -0.3 is 15.3 Å². The lowest BCUT2D eigenvalue weighted by atomic mass is 10.0. The first-order valence-electron chi connectivity index (χ1n) is 10.1. The number of carbonyl (C=O) groups is 4. The number of piperidine rings is 1. The lowest BCUT2D eigenvalue weighted by Gasteiger charge is -2.29. The van der Waals surface area contributed by atoms with Crippen LogP contribution in [0.3, 0.4) is 0 Å². The van der Waals surface area contributed by atoms with Gasteiger partial charge in [0.15, 0.2) is 0 Å². The summed E-state index contributed by atoms with van der Waals surface area (Å²) in [5.74, 6) is -1.45. The molecule has 4 amide bonds. The van der Waals surface area contributed by atoms with Crippen molar-refractivity contribution >= 4 is 23.6 Å². The summed E-state index contributed by atoms with van der Waals surface area (Å²) in [6.45, 7) is 2.21. The van der Waals surface area contributed by atoms with Crippen molar-refractivity contribution < 1.29 is 24.3 Å². The summed E-state index contributed by atoms with van der Waals surface area (Å²) in [5.41, 5.74) is 3.26. The molecule has 8 heteroatoms. The molecule has 2 atom stereocenters. The van der Waals surface area contributed by atoms with E-state index in [4.69, 9.17) is 0 Å². The zero-order valence-corrected chi connectivity index (χ0v) is 17.1. The van der Waals surface area contributed by atoms with Crippen LogP contribution in [0.4, 0.5) is 0 Å². The number of imide groups is 1. The number of rotatable bonds is 5. The van der Waals surface area contributed by atoms with Crippen molar-refractivity contribution in [1.29, 1.82) is 0 Å². The van der Waals surface area contributed by atoms with E-state index < -0.39 is 18.1 Å². The van der Waals surface area contributed by atoms with Crippen LogP contribution < -0.4 is 10.6 Å². The minimum absolute atomic E-state index is 0.0559. The molecule has 2 aliphatic rings. The zero-order chi connectivity index (χ0) is 22.1. The molecule has 0 spiro atoms. The number of hydrogen-bond acceptors (Lipinski definition) is 5. The summed E-state index contributed by atoms with van der Waals surface area (Å²) in [4.78, 5) is 50.2. The standard InChI is InChI=1S/C23H23N3O5/c1-13-2-4-14(5-3-13)19(27)11-24-21(29)15-6-7-17-16(10-15)12-26(23(17)31)18-8-9-20(28)25-22(18)30/h2-7,10,18-19,27H,8-9,11-12H2,1H3,(H,24,29)(H,25,28,30). The van der Waals surface area contributed by atoms with Gasteiger partial charge in [0.1, 0.15) is 6.04 Å². The summed E-state index contributed by atoms with van der Waals surface area (Å²) < 4.78 is 0. The summed E-state index contributed by atoms with van der Waals surface area (Å²) in [7, 11) is 0. The second-order valence-corrected chi connectivity index (χ2v) is 7.91. The van der Waals surface area contributed by atoms with E-state index >= 15 is 0 Å². The normalized spacial score (nSPS) is 19.1. The third-order valence-electron chi connectivity index (χ3n) is 5.70. The van der Waals surface area contributed by atoms with Crippen LogP contribution >= 0.6 is 0 Å². The van der Waals surface area contributed by atoms with Gasteiger partial charge in [0.05, 0.1) is 6.10 Å². The molecule has 2 aromatic carbocycles. The number of aliphatic hydroxyl groups is 1. The van der Waals surface area contributed by atoms with E-state index in [1.54, 1.807) is 18.2 Å². The van der Waals surface area contributed by atoms with Crippen molar-refractivity contribution in [3.05, 3.63) is 70.3 Å². The van der Waals surface area contributed by atoms with Crippen LogP contribution in [0.25, 0.3) is 0 Å². The smallest absolute Gasteiger partial charge is 0.255 e. The van der Waals surface area contributed by atoms with E-state index in [9.17, 15) is 24.3 Å². The molecular weight excluding hydrogens is 398 g/mol. The number of benzene rings is 2. The number of aryl methyl sites for hydroxylation is 1. The summed E-state index contributed by atoms with van der Waals surface area (Å²) >= 11 is 0. The summed E-state index contributed by atoms with van der Waals surface area (Å²) in [6, 6.07) is 11.5. The Bertz CT molecular complexity index is 1060. The highest BCUT2D eigenvalue weighted by atomic mass is 16.3. The second kappa shape index (κ2) is 8.31. The molecule has 0 aliphatic carbocycles. The topological polar surface area (TPSA) is 116 Å². The van der Waals surface area contributed by atoms with Gasteiger partial charge in [-0.3, -0.25) is 24.5 Å². The molecule has 0 bridgehead atoms. The Balaban J connectivity index is 1.42. The SMILES string of the molecule is Cc1ccc(C(O)CNC(=O)c2ccc3c(c2)CN(C2CCC(=O)NC2=O)C3=O)cc1. The maximum atomic E-state index is 12.7. The average Bonchev–Trinajstić information content (AvgIpc) is 3.08. The van der Waals surface area contributed by atoms with Gasteiger partial charge >= 0.3 is 0 Å². The van der Waals surface area contributed by atoms with Crippen molar-refractivity contribution in [2.24, 2.45) is 0 Å². The average molecular weight is 421 g/mol. The number of hydrogen-bond donors (Lipinski definition) is 3. The maximum Gasteiger partial charge on any atom is 0.255 e. The van der Waals surface area contributed by atoms with E-state index in [0.29, 0.717) is 22.3 Å². The molecule has 0 aromatic heterocycles. The summed E-state index contributed by atoms with van der Waals surface area (Å²) in [5, 5.41) is 15.3. The third kappa shape index (κ3) is 4.20. The fourth-order valence-electron chi connectivity index (χ4n) is 3.91. The first kappa shape index (κ1) is 20.7. The second-order valence-electron chi connectivity index (χ2n) is 7.91. The van der Waals surface area contributed by atoms with Crippen molar-refractivity contribution in [2.75, 3.05) is 6.54 Å². The Kier molecular flexibility index (Phi) is 5.56. The van der Waals surface area contributed by atoms with Gasteiger partial charge in [-0.15, -0.1) is 0 Å². The molecule has 0 radical (unpaired) electrons. The van der Waals surface area contributed by atoms with Crippen LogP contribution in [0.5, 0.6) is 0 Å². The monoisotopic (exact) mass is 421 g/mol. The van der Waals surface area contributed by atoms with Crippen LogP contribution in [0.2, 0.25) is 0 Å². The molecule has 160 valence electrons. The number of nitrogens with one attached hydrogen (secondary N) is 2. The van der Waals surface area contributed by atoms with Crippen LogP contribution in [-0.4, -0.2) is 46.2 Å². The van der Waals surface area contributed by atoms with E-state index in [2.05, 4.69) is 10.6 Å². The quantitative estimate of drug-likeness (QED) is 0.628. The predicted molar refractivity (Wildman–Crippen MR) is 111 cm³/mol. The lowest BCUT2D eigenvalue weighted by molar-refractivity contribution is -0.136. The minimum atomic E-state index is -0.830. The molecule has 1 saturated heterocycles. The molecule has 4 rings (SSSR count). The van der Waals surface area contributed by atoms with Crippen LogP contribution in [0.1, 0.15) is 56.4 Å². The van der Waals surface area contributed by atoms with Crippen molar-refractivity contribution in [3.8, 4) is 0 Å². The molecule has 1 fully saturated rings. The van der Waals surface area contributed by atoms with Crippen molar-refractivity contribution in [3.63, 3.8) is 0 Å².